The lowest BCUT2D eigenvalue weighted by Gasteiger charge is -2.30. The first-order valence-corrected chi connectivity index (χ1v) is 10.7. The van der Waals surface area contributed by atoms with Crippen LogP contribution in [0.1, 0.15) is 42.6 Å². The van der Waals surface area contributed by atoms with Crippen LogP contribution in [0.4, 0.5) is 0 Å². The maximum Gasteiger partial charge on any atom is 0.191 e. The molecule has 0 radical (unpaired) electrons. The second-order valence-corrected chi connectivity index (χ2v) is 7.46. The lowest BCUT2D eigenvalue weighted by Crippen LogP contribution is -2.43. The minimum Gasteiger partial charge on any atom is -0.356 e. The van der Waals surface area contributed by atoms with Crippen LogP contribution in [0.2, 0.25) is 0 Å². The lowest BCUT2D eigenvalue weighted by atomic mass is 10.1. The van der Waals surface area contributed by atoms with Gasteiger partial charge in [0.25, 0.3) is 0 Å². The molecule has 2 aromatic rings. The summed E-state index contributed by atoms with van der Waals surface area (Å²) >= 11 is 1.74. The molecule has 5 nitrogen and oxygen atoms in total. The third kappa shape index (κ3) is 6.96. The fraction of sp³-hybridized carbons (Fsp3) is 0.524. The van der Waals surface area contributed by atoms with E-state index in [1.807, 2.05) is 14.0 Å². The van der Waals surface area contributed by atoms with Gasteiger partial charge in [-0.15, -0.1) is 11.3 Å². The van der Waals surface area contributed by atoms with E-state index in [-0.39, 0.29) is 0 Å². The van der Waals surface area contributed by atoms with Crippen molar-refractivity contribution in [1.82, 2.24) is 20.5 Å². The zero-order valence-corrected chi connectivity index (χ0v) is 17.9. The number of nitrogens with zero attached hydrogens (tertiary/aromatic N) is 3. The summed E-state index contributed by atoms with van der Waals surface area (Å²) in [6.07, 6.45) is 2.06. The highest BCUT2D eigenvalue weighted by Crippen LogP contribution is 2.19. The van der Waals surface area contributed by atoms with Gasteiger partial charge in [-0.25, -0.2) is 4.98 Å². The molecule has 2 rings (SSSR count). The minimum atomic E-state index is 0.332. The van der Waals surface area contributed by atoms with E-state index in [0.717, 1.165) is 50.7 Å². The van der Waals surface area contributed by atoms with Crippen molar-refractivity contribution in [2.24, 2.45) is 4.99 Å². The molecule has 0 aliphatic carbocycles. The van der Waals surface area contributed by atoms with Crippen molar-refractivity contribution >= 4 is 17.3 Å². The Kier molecular flexibility index (Phi) is 9.28. The highest BCUT2D eigenvalue weighted by atomic mass is 32.1. The van der Waals surface area contributed by atoms with E-state index in [1.165, 1.54) is 10.6 Å². The van der Waals surface area contributed by atoms with Crippen molar-refractivity contribution in [3.05, 3.63) is 52.0 Å². The van der Waals surface area contributed by atoms with Gasteiger partial charge in [0, 0.05) is 37.6 Å². The van der Waals surface area contributed by atoms with Gasteiger partial charge in [0.1, 0.15) is 0 Å². The molecule has 1 aromatic heterocycles. The molecule has 0 amide bonds. The van der Waals surface area contributed by atoms with Gasteiger partial charge in [-0.3, -0.25) is 9.89 Å². The van der Waals surface area contributed by atoms with E-state index in [2.05, 4.69) is 75.1 Å². The van der Waals surface area contributed by atoms with Gasteiger partial charge in [0.2, 0.25) is 0 Å². The summed E-state index contributed by atoms with van der Waals surface area (Å²) in [6.45, 7) is 10.2. The maximum absolute atomic E-state index is 4.52. The second kappa shape index (κ2) is 11.7. The Balaban J connectivity index is 1.84. The summed E-state index contributed by atoms with van der Waals surface area (Å²) in [5.41, 5.74) is 2.45. The molecule has 0 spiro atoms. The molecule has 0 saturated heterocycles. The normalized spacial score (nSPS) is 13.0. The Hall–Kier alpha value is -1.92. The number of aromatic nitrogens is 1. The molecule has 0 aliphatic heterocycles. The molecule has 0 aliphatic rings. The summed E-state index contributed by atoms with van der Waals surface area (Å²) in [5.74, 6) is 0.860. The van der Waals surface area contributed by atoms with E-state index in [4.69, 9.17) is 0 Å². The number of hydrogen-bond donors (Lipinski definition) is 2. The van der Waals surface area contributed by atoms with Gasteiger partial charge >= 0.3 is 0 Å². The standard InChI is InChI=1S/C21H33N5S/c1-5-26(6-2)19(18-11-8-7-9-12-18)15-24-21(22-4)23-14-10-13-20-25-17(3)16-27-20/h7-9,11-12,16,19H,5-6,10,13-15H2,1-4H3,(H2,22,23,24). The molecule has 1 atom stereocenters. The molecule has 1 unspecified atom stereocenters. The van der Waals surface area contributed by atoms with Crippen molar-refractivity contribution in [3.63, 3.8) is 0 Å². The molecule has 1 aromatic carbocycles. The van der Waals surface area contributed by atoms with Crippen LogP contribution in [-0.4, -0.2) is 49.1 Å². The van der Waals surface area contributed by atoms with Gasteiger partial charge in [0.05, 0.1) is 11.0 Å². The Bertz CT molecular complexity index is 679. The van der Waals surface area contributed by atoms with Crippen LogP contribution in [0.25, 0.3) is 0 Å². The maximum atomic E-state index is 4.52. The molecule has 27 heavy (non-hydrogen) atoms. The third-order valence-corrected chi connectivity index (χ3v) is 5.68. The van der Waals surface area contributed by atoms with E-state index < -0.39 is 0 Å². The van der Waals surface area contributed by atoms with Gasteiger partial charge < -0.3 is 10.6 Å². The molecule has 0 bridgehead atoms. The number of nitrogens with one attached hydrogen (secondary N) is 2. The topological polar surface area (TPSA) is 52.5 Å². The average Bonchev–Trinajstić information content (AvgIpc) is 3.12. The second-order valence-electron chi connectivity index (χ2n) is 6.51. The zero-order chi connectivity index (χ0) is 19.5. The first kappa shape index (κ1) is 21.4. The largest absolute Gasteiger partial charge is 0.356 e. The summed E-state index contributed by atoms with van der Waals surface area (Å²) in [6, 6.07) is 11.0. The highest BCUT2D eigenvalue weighted by molar-refractivity contribution is 7.09. The van der Waals surface area contributed by atoms with E-state index in [9.17, 15) is 0 Å². The minimum absolute atomic E-state index is 0.332. The average molecular weight is 388 g/mol. The monoisotopic (exact) mass is 387 g/mol. The Morgan fingerprint density at radius 3 is 2.52 bits per heavy atom. The number of aliphatic imine (C=N–C) groups is 1. The predicted molar refractivity (Wildman–Crippen MR) is 117 cm³/mol. The predicted octanol–water partition coefficient (Wildman–Crippen LogP) is 3.63. The van der Waals surface area contributed by atoms with Crippen LogP contribution < -0.4 is 10.6 Å². The summed E-state index contributed by atoms with van der Waals surface area (Å²) < 4.78 is 0. The van der Waals surface area contributed by atoms with E-state index in [0.29, 0.717) is 6.04 Å². The quantitative estimate of drug-likeness (QED) is 0.371. The number of benzene rings is 1. The van der Waals surface area contributed by atoms with E-state index in [1.54, 1.807) is 11.3 Å². The number of likely N-dealkylation sites (N-methyl/N-ethyl adjacent to an activating group) is 1. The molecule has 2 N–H and O–H groups in total. The van der Waals surface area contributed by atoms with Crippen molar-refractivity contribution in [3.8, 4) is 0 Å². The molecule has 0 fully saturated rings. The smallest absolute Gasteiger partial charge is 0.191 e. The molecule has 1 heterocycles. The highest BCUT2D eigenvalue weighted by Gasteiger charge is 2.18. The van der Waals surface area contributed by atoms with Crippen LogP contribution >= 0.6 is 11.3 Å². The molecule has 0 saturated carbocycles. The van der Waals surface area contributed by atoms with Crippen molar-refractivity contribution in [2.75, 3.05) is 33.2 Å². The Labute approximate surface area is 167 Å². The van der Waals surface area contributed by atoms with Gasteiger partial charge in [-0.05, 0) is 32.0 Å². The summed E-state index contributed by atoms with van der Waals surface area (Å²) in [5, 5.41) is 10.3. The Morgan fingerprint density at radius 2 is 1.93 bits per heavy atom. The Morgan fingerprint density at radius 1 is 1.19 bits per heavy atom. The fourth-order valence-corrected chi connectivity index (χ4v) is 3.99. The number of aryl methyl sites for hydroxylation is 2. The van der Waals surface area contributed by atoms with Crippen molar-refractivity contribution in [1.29, 1.82) is 0 Å². The molecule has 6 heteroatoms. The van der Waals surface area contributed by atoms with Gasteiger partial charge in [0.15, 0.2) is 5.96 Å². The van der Waals surface area contributed by atoms with Crippen LogP contribution in [0.15, 0.2) is 40.7 Å². The molecule has 148 valence electrons. The van der Waals surface area contributed by atoms with E-state index >= 15 is 0 Å². The zero-order valence-electron chi connectivity index (χ0n) is 17.0. The molecular weight excluding hydrogens is 354 g/mol. The number of guanidine groups is 1. The van der Waals surface area contributed by atoms with Crippen LogP contribution in [-0.2, 0) is 6.42 Å². The third-order valence-electron chi connectivity index (χ3n) is 4.65. The fourth-order valence-electron chi connectivity index (χ4n) is 3.18. The first-order valence-electron chi connectivity index (χ1n) is 9.82. The van der Waals surface area contributed by atoms with Crippen LogP contribution in [0.5, 0.6) is 0 Å². The van der Waals surface area contributed by atoms with Crippen molar-refractivity contribution < 1.29 is 0 Å². The van der Waals surface area contributed by atoms with Crippen LogP contribution in [0.3, 0.4) is 0 Å². The summed E-state index contributed by atoms with van der Waals surface area (Å²) in [4.78, 5) is 11.4. The molecular formula is C21H33N5S. The first-order chi connectivity index (χ1) is 13.2. The lowest BCUT2D eigenvalue weighted by molar-refractivity contribution is 0.219. The SMILES string of the molecule is CCN(CC)C(CNC(=NC)NCCCc1nc(C)cs1)c1ccccc1. The number of thiazole rings is 1. The van der Waals surface area contributed by atoms with Gasteiger partial charge in [-0.1, -0.05) is 44.2 Å². The number of hydrogen-bond acceptors (Lipinski definition) is 4. The number of rotatable bonds is 10. The van der Waals surface area contributed by atoms with Crippen LogP contribution in [0, 0.1) is 6.92 Å². The summed E-state index contributed by atoms with van der Waals surface area (Å²) in [7, 11) is 1.83. The van der Waals surface area contributed by atoms with Gasteiger partial charge in [-0.2, -0.15) is 0 Å². The van der Waals surface area contributed by atoms with Crippen molar-refractivity contribution in [2.45, 2.75) is 39.7 Å².